The molecule has 1 aliphatic heterocycles. The number of Topliss-reactive ketones (excluding diaryl/α,β-unsaturated/α-hetero) is 1. The van der Waals surface area contributed by atoms with Gasteiger partial charge in [0.1, 0.15) is 0 Å². The Balaban J connectivity index is 0.000000924. The first-order chi connectivity index (χ1) is 11.0. The van der Waals surface area contributed by atoms with Gasteiger partial charge in [0, 0.05) is 24.4 Å². The van der Waals surface area contributed by atoms with Crippen LogP contribution in [-0.2, 0) is 16.6 Å². The summed E-state index contributed by atoms with van der Waals surface area (Å²) in [7, 11) is 1.78. The molecule has 1 atom stereocenters. The number of imide groups is 1. The van der Waals surface area contributed by atoms with Crippen LogP contribution in [0.4, 0.5) is 0 Å². The molecular weight excluding hydrogens is 294 g/mol. The number of ketones is 1. The summed E-state index contributed by atoms with van der Waals surface area (Å²) in [5.41, 5.74) is 2.08. The summed E-state index contributed by atoms with van der Waals surface area (Å²) < 4.78 is 1.67. The molecule has 122 valence electrons. The Labute approximate surface area is 134 Å². The zero-order chi connectivity index (χ0) is 17.1. The van der Waals surface area contributed by atoms with Crippen LogP contribution in [0.25, 0.3) is 10.9 Å². The summed E-state index contributed by atoms with van der Waals surface area (Å²) in [6, 6.07) is 5.33. The maximum Gasteiger partial charge on any atom is 0.235 e. The molecular formula is C17H21N3O3. The van der Waals surface area contributed by atoms with Crippen LogP contribution >= 0.6 is 0 Å². The molecule has 3 rings (SSSR count). The summed E-state index contributed by atoms with van der Waals surface area (Å²) in [6.07, 6.45) is 0.783. The largest absolute Gasteiger partial charge is 0.296 e. The molecule has 1 fully saturated rings. The maximum atomic E-state index is 12.0. The Morgan fingerprint density at radius 3 is 2.61 bits per heavy atom. The Kier molecular flexibility index (Phi) is 4.93. The molecule has 2 heterocycles. The molecule has 1 N–H and O–H groups in total. The van der Waals surface area contributed by atoms with Crippen molar-refractivity contribution in [2.45, 2.75) is 39.5 Å². The van der Waals surface area contributed by atoms with Crippen molar-refractivity contribution in [3.05, 3.63) is 29.5 Å². The quantitative estimate of drug-likeness (QED) is 0.681. The van der Waals surface area contributed by atoms with Gasteiger partial charge in [-0.25, -0.2) is 0 Å². The van der Waals surface area contributed by atoms with Crippen molar-refractivity contribution in [2.24, 2.45) is 7.05 Å². The summed E-state index contributed by atoms with van der Waals surface area (Å²) in [4.78, 5) is 34.7. The highest BCUT2D eigenvalue weighted by atomic mass is 16.2. The molecule has 0 aliphatic carbocycles. The Hall–Kier alpha value is -2.50. The number of carbonyl (C=O) groups is 3. The Morgan fingerprint density at radius 1 is 1.30 bits per heavy atom. The summed E-state index contributed by atoms with van der Waals surface area (Å²) in [6.45, 7) is 5.51. The molecule has 1 saturated heterocycles. The van der Waals surface area contributed by atoms with E-state index in [0.717, 1.165) is 10.9 Å². The van der Waals surface area contributed by atoms with Gasteiger partial charge in [0.2, 0.25) is 11.8 Å². The zero-order valence-electron chi connectivity index (χ0n) is 13.8. The fourth-order valence-electron chi connectivity index (χ4n) is 2.72. The van der Waals surface area contributed by atoms with Crippen molar-refractivity contribution in [2.75, 3.05) is 0 Å². The predicted octanol–water partition coefficient (Wildman–Crippen LogP) is 2.32. The summed E-state index contributed by atoms with van der Waals surface area (Å²) in [5.74, 6) is -0.979. The highest BCUT2D eigenvalue weighted by Gasteiger charge is 2.31. The van der Waals surface area contributed by atoms with Crippen molar-refractivity contribution in [3.63, 3.8) is 0 Å². The average molecular weight is 315 g/mol. The van der Waals surface area contributed by atoms with E-state index >= 15 is 0 Å². The van der Waals surface area contributed by atoms with Gasteiger partial charge in [-0.3, -0.25) is 24.4 Å². The average Bonchev–Trinajstić information content (AvgIpc) is 2.86. The summed E-state index contributed by atoms with van der Waals surface area (Å²) in [5, 5.41) is 7.62. The van der Waals surface area contributed by atoms with Crippen LogP contribution in [0.1, 0.15) is 55.6 Å². The van der Waals surface area contributed by atoms with Gasteiger partial charge in [-0.05, 0) is 19.4 Å². The smallest absolute Gasteiger partial charge is 0.235 e. The number of nitrogens with one attached hydrogen (secondary N) is 1. The molecule has 0 spiro atoms. The van der Waals surface area contributed by atoms with E-state index < -0.39 is 5.92 Å². The first-order valence-corrected chi connectivity index (χ1v) is 7.78. The molecule has 0 bridgehead atoms. The number of benzene rings is 1. The fraction of sp³-hybridized carbons (Fsp3) is 0.412. The van der Waals surface area contributed by atoms with Crippen LogP contribution in [0.15, 0.2) is 18.2 Å². The van der Waals surface area contributed by atoms with Crippen molar-refractivity contribution < 1.29 is 14.4 Å². The van der Waals surface area contributed by atoms with Crippen LogP contribution in [-0.4, -0.2) is 27.4 Å². The zero-order valence-corrected chi connectivity index (χ0v) is 13.8. The molecule has 0 saturated carbocycles. The van der Waals surface area contributed by atoms with Crippen LogP contribution in [0, 0.1) is 0 Å². The van der Waals surface area contributed by atoms with Gasteiger partial charge < -0.3 is 0 Å². The van der Waals surface area contributed by atoms with Crippen LogP contribution in [0.3, 0.4) is 0 Å². The van der Waals surface area contributed by atoms with Crippen LogP contribution in [0.2, 0.25) is 0 Å². The second-order valence-electron chi connectivity index (χ2n) is 5.30. The van der Waals surface area contributed by atoms with E-state index in [2.05, 4.69) is 10.4 Å². The molecule has 2 aromatic rings. The minimum Gasteiger partial charge on any atom is -0.296 e. The van der Waals surface area contributed by atoms with E-state index in [9.17, 15) is 14.4 Å². The lowest BCUT2D eigenvalue weighted by atomic mass is 9.92. The van der Waals surface area contributed by atoms with Gasteiger partial charge in [-0.1, -0.05) is 26.0 Å². The second-order valence-corrected chi connectivity index (χ2v) is 5.30. The SMILES string of the molecule is CC.CC(=O)c1ccc2c(C3CCC(=O)NC3=O)nn(C)c2c1. The van der Waals surface area contributed by atoms with Gasteiger partial charge in [0.15, 0.2) is 5.78 Å². The topological polar surface area (TPSA) is 81.1 Å². The van der Waals surface area contributed by atoms with Crippen molar-refractivity contribution >= 4 is 28.5 Å². The van der Waals surface area contributed by atoms with Crippen LogP contribution < -0.4 is 5.32 Å². The van der Waals surface area contributed by atoms with Gasteiger partial charge in [0.25, 0.3) is 0 Å². The number of aromatic nitrogens is 2. The maximum absolute atomic E-state index is 12.0. The van der Waals surface area contributed by atoms with Crippen molar-refractivity contribution in [1.29, 1.82) is 0 Å². The van der Waals surface area contributed by atoms with E-state index in [1.807, 2.05) is 19.9 Å². The predicted molar refractivity (Wildman–Crippen MR) is 87.2 cm³/mol. The number of piperidine rings is 1. The number of carbonyl (C=O) groups excluding carboxylic acids is 3. The van der Waals surface area contributed by atoms with E-state index in [1.165, 1.54) is 6.92 Å². The van der Waals surface area contributed by atoms with E-state index in [0.29, 0.717) is 24.1 Å². The third-order valence-electron chi connectivity index (χ3n) is 3.86. The monoisotopic (exact) mass is 315 g/mol. The van der Waals surface area contributed by atoms with E-state index in [1.54, 1.807) is 23.9 Å². The molecule has 2 amide bonds. The first-order valence-electron chi connectivity index (χ1n) is 7.78. The molecule has 6 nitrogen and oxygen atoms in total. The number of amides is 2. The Morgan fingerprint density at radius 2 is 2.00 bits per heavy atom. The van der Waals surface area contributed by atoms with Gasteiger partial charge in [-0.15, -0.1) is 0 Å². The molecule has 1 aromatic heterocycles. The number of nitrogens with zero attached hydrogens (tertiary/aromatic N) is 2. The number of fused-ring (bicyclic) bond motifs is 1. The molecule has 1 aromatic carbocycles. The minimum absolute atomic E-state index is 0.0133. The van der Waals surface area contributed by atoms with Crippen LogP contribution in [0.5, 0.6) is 0 Å². The first kappa shape index (κ1) is 16.9. The highest BCUT2D eigenvalue weighted by Crippen LogP contribution is 2.30. The second kappa shape index (κ2) is 6.73. The fourth-order valence-corrected chi connectivity index (χ4v) is 2.72. The third-order valence-corrected chi connectivity index (χ3v) is 3.86. The Bertz CT molecular complexity index is 777. The van der Waals surface area contributed by atoms with Gasteiger partial charge in [0.05, 0.1) is 17.1 Å². The molecule has 1 aliphatic rings. The molecule has 6 heteroatoms. The number of hydrogen-bond donors (Lipinski definition) is 1. The summed E-state index contributed by atoms with van der Waals surface area (Å²) >= 11 is 0. The van der Waals surface area contributed by atoms with Crippen molar-refractivity contribution in [1.82, 2.24) is 15.1 Å². The number of aryl methyl sites for hydroxylation is 1. The molecule has 0 radical (unpaired) electrons. The van der Waals surface area contributed by atoms with Gasteiger partial charge >= 0.3 is 0 Å². The molecule has 1 unspecified atom stereocenters. The lowest BCUT2D eigenvalue weighted by Crippen LogP contribution is -2.39. The lowest BCUT2D eigenvalue weighted by Gasteiger charge is -2.19. The number of hydrogen-bond acceptors (Lipinski definition) is 4. The highest BCUT2D eigenvalue weighted by molar-refractivity contribution is 6.03. The van der Waals surface area contributed by atoms with Gasteiger partial charge in [-0.2, -0.15) is 5.10 Å². The minimum atomic E-state index is -0.422. The van der Waals surface area contributed by atoms with E-state index in [4.69, 9.17) is 0 Å². The normalized spacial score (nSPS) is 17.5. The number of rotatable bonds is 2. The molecule has 23 heavy (non-hydrogen) atoms. The third kappa shape index (κ3) is 3.16. The van der Waals surface area contributed by atoms with E-state index in [-0.39, 0.29) is 17.6 Å². The standard InChI is InChI=1S/C15H15N3O3.C2H6/c1-8(19)9-3-4-10-12(7-9)18(2)17-14(10)11-5-6-13(20)16-15(11)21;1-2/h3-4,7,11H,5-6H2,1-2H3,(H,16,20,21);1-2H3. The lowest BCUT2D eigenvalue weighted by molar-refractivity contribution is -0.134. The van der Waals surface area contributed by atoms with Crippen molar-refractivity contribution in [3.8, 4) is 0 Å².